The Labute approximate surface area is 112 Å². The molecule has 0 aromatic heterocycles. The molecule has 0 bridgehead atoms. The Hall–Kier alpha value is -1.34. The molecule has 2 atom stereocenters. The smallest absolute Gasteiger partial charge is 0.251 e. The van der Waals surface area contributed by atoms with Crippen LogP contribution in [-0.4, -0.2) is 33.5 Å². The molecule has 1 saturated heterocycles. The van der Waals surface area contributed by atoms with E-state index in [0.29, 0.717) is 11.3 Å². The summed E-state index contributed by atoms with van der Waals surface area (Å²) >= 11 is 4.16. The fourth-order valence-corrected chi connectivity index (χ4v) is 3.19. The second-order valence-corrected chi connectivity index (χ2v) is 6.08. The summed E-state index contributed by atoms with van der Waals surface area (Å²) in [5.41, 5.74) is 1.10. The third kappa shape index (κ3) is 2.28. The van der Waals surface area contributed by atoms with Crippen molar-refractivity contribution in [3.05, 3.63) is 29.8 Å². The Kier molecular flexibility index (Phi) is 3.72. The van der Waals surface area contributed by atoms with Crippen LogP contribution < -0.4 is 10.2 Å². The molecule has 18 heavy (non-hydrogen) atoms. The van der Waals surface area contributed by atoms with Crippen molar-refractivity contribution in [3.8, 4) is 0 Å². The molecular formula is C11H12N2O3S2. The zero-order valence-corrected chi connectivity index (χ0v) is 11.3. The number of nitrogens with zero attached hydrogens (tertiary/aromatic N) is 1. The van der Waals surface area contributed by atoms with Crippen molar-refractivity contribution in [1.82, 2.24) is 5.32 Å². The largest absolute Gasteiger partial charge is 0.355 e. The van der Waals surface area contributed by atoms with Gasteiger partial charge in [-0.2, -0.15) is 0 Å². The van der Waals surface area contributed by atoms with Gasteiger partial charge in [0.25, 0.3) is 5.91 Å². The van der Waals surface area contributed by atoms with Crippen LogP contribution in [-0.2, 0) is 15.6 Å². The van der Waals surface area contributed by atoms with Gasteiger partial charge in [-0.1, -0.05) is 0 Å². The summed E-state index contributed by atoms with van der Waals surface area (Å²) < 4.78 is 10.9. The molecule has 0 radical (unpaired) electrons. The van der Waals surface area contributed by atoms with Crippen LogP contribution in [0.25, 0.3) is 0 Å². The molecule has 2 unspecified atom stereocenters. The summed E-state index contributed by atoms with van der Waals surface area (Å²) in [7, 11) is 0.266. The number of rotatable bonds is 2. The maximum Gasteiger partial charge on any atom is 0.251 e. The van der Waals surface area contributed by atoms with Crippen LogP contribution in [0.4, 0.5) is 5.69 Å². The Morgan fingerprint density at radius 3 is 2.50 bits per heavy atom. The number of anilines is 1. The van der Waals surface area contributed by atoms with Gasteiger partial charge in [-0.15, -0.1) is 12.6 Å². The van der Waals surface area contributed by atoms with Crippen molar-refractivity contribution in [3.63, 3.8) is 0 Å². The predicted molar refractivity (Wildman–Crippen MR) is 73.1 cm³/mol. The van der Waals surface area contributed by atoms with Gasteiger partial charge in [-0.3, -0.25) is 18.7 Å². The number of amides is 2. The lowest BCUT2D eigenvalue weighted by molar-refractivity contribution is -0.115. The number of thiol groups is 1. The number of hydrogen-bond donors (Lipinski definition) is 2. The van der Waals surface area contributed by atoms with Crippen LogP contribution in [0.2, 0.25) is 0 Å². The predicted octanol–water partition coefficient (Wildman–Crippen LogP) is 0.355. The number of nitrogens with one attached hydrogen (secondary N) is 1. The van der Waals surface area contributed by atoms with Gasteiger partial charge in [0.1, 0.15) is 5.75 Å². The first-order valence-electron chi connectivity index (χ1n) is 5.24. The van der Waals surface area contributed by atoms with E-state index in [1.807, 2.05) is 0 Å². The van der Waals surface area contributed by atoms with Crippen LogP contribution in [0.1, 0.15) is 10.4 Å². The second-order valence-electron chi connectivity index (χ2n) is 3.74. The van der Waals surface area contributed by atoms with Crippen molar-refractivity contribution >= 4 is 40.9 Å². The molecule has 7 heteroatoms. The molecule has 1 aliphatic heterocycles. The first-order valence-corrected chi connectivity index (χ1v) is 7.14. The second kappa shape index (κ2) is 5.11. The third-order valence-electron chi connectivity index (χ3n) is 2.63. The lowest BCUT2D eigenvalue weighted by Gasteiger charge is -2.19. The van der Waals surface area contributed by atoms with E-state index >= 15 is 0 Å². The zero-order valence-electron chi connectivity index (χ0n) is 9.62. The fourth-order valence-electron chi connectivity index (χ4n) is 1.70. The highest BCUT2D eigenvalue weighted by atomic mass is 32.2. The third-order valence-corrected chi connectivity index (χ3v) is 4.77. The van der Waals surface area contributed by atoms with E-state index in [0.717, 1.165) is 0 Å². The average molecular weight is 284 g/mol. The van der Waals surface area contributed by atoms with Crippen LogP contribution in [0.5, 0.6) is 0 Å². The SMILES string of the molecule is CNC(=O)c1ccc(N2C(=O)CS(=O)C2S)cc1. The Balaban J connectivity index is 2.27. The molecule has 2 amide bonds. The van der Waals surface area contributed by atoms with Gasteiger partial charge in [0.05, 0.1) is 10.8 Å². The molecule has 1 aromatic rings. The Bertz CT molecular complexity index is 516. The maximum atomic E-state index is 11.7. The van der Waals surface area contributed by atoms with E-state index in [1.165, 1.54) is 4.90 Å². The quantitative estimate of drug-likeness (QED) is 0.770. The van der Waals surface area contributed by atoms with Gasteiger partial charge < -0.3 is 5.32 Å². The summed E-state index contributed by atoms with van der Waals surface area (Å²) in [4.78, 5) is 24.4. The topological polar surface area (TPSA) is 66.5 Å². The normalized spacial score (nSPS) is 23.2. The number of hydrogen-bond acceptors (Lipinski definition) is 4. The standard InChI is InChI=1S/C11H12N2O3S2/c1-12-10(15)7-2-4-8(5-3-7)13-9(14)6-18(16)11(13)17/h2-5,11,17H,6H2,1H3,(H,12,15). The van der Waals surface area contributed by atoms with Crippen molar-refractivity contribution in [2.75, 3.05) is 17.7 Å². The molecule has 1 aromatic carbocycles. The molecular weight excluding hydrogens is 272 g/mol. The lowest BCUT2D eigenvalue weighted by Crippen LogP contribution is -2.30. The molecule has 1 fully saturated rings. The number of carbonyl (C=O) groups is 2. The molecule has 1 N–H and O–H groups in total. The first kappa shape index (κ1) is 13.1. The van der Waals surface area contributed by atoms with Crippen LogP contribution in [0.3, 0.4) is 0 Å². The van der Waals surface area contributed by atoms with E-state index < -0.39 is 15.5 Å². The van der Waals surface area contributed by atoms with Gasteiger partial charge in [0.15, 0.2) is 4.71 Å². The number of benzene rings is 1. The zero-order chi connectivity index (χ0) is 13.3. The average Bonchev–Trinajstić information content (AvgIpc) is 2.63. The van der Waals surface area contributed by atoms with Gasteiger partial charge in [-0.25, -0.2) is 0 Å². The van der Waals surface area contributed by atoms with Crippen LogP contribution in [0, 0.1) is 0 Å². The Morgan fingerprint density at radius 1 is 1.44 bits per heavy atom. The molecule has 0 spiro atoms. The van der Waals surface area contributed by atoms with Crippen molar-refractivity contribution < 1.29 is 13.8 Å². The lowest BCUT2D eigenvalue weighted by atomic mass is 10.2. The minimum atomic E-state index is -1.28. The first-order chi connectivity index (χ1) is 8.54. The summed E-state index contributed by atoms with van der Waals surface area (Å²) in [5.74, 6) is -0.424. The Morgan fingerprint density at radius 2 is 2.06 bits per heavy atom. The summed E-state index contributed by atoms with van der Waals surface area (Å²) in [6, 6.07) is 6.52. The van der Waals surface area contributed by atoms with Gasteiger partial charge in [-0.05, 0) is 24.3 Å². The van der Waals surface area contributed by atoms with Crippen LogP contribution in [0.15, 0.2) is 24.3 Å². The molecule has 5 nitrogen and oxygen atoms in total. The molecule has 96 valence electrons. The van der Waals surface area contributed by atoms with Crippen molar-refractivity contribution in [2.24, 2.45) is 0 Å². The van der Waals surface area contributed by atoms with Gasteiger partial charge in [0, 0.05) is 18.3 Å². The maximum absolute atomic E-state index is 11.7. The highest BCUT2D eigenvalue weighted by Gasteiger charge is 2.35. The van der Waals surface area contributed by atoms with Gasteiger partial charge in [0.2, 0.25) is 5.91 Å². The van der Waals surface area contributed by atoms with Crippen molar-refractivity contribution in [2.45, 2.75) is 4.71 Å². The van der Waals surface area contributed by atoms with Crippen LogP contribution >= 0.6 is 12.6 Å². The van der Waals surface area contributed by atoms with E-state index in [2.05, 4.69) is 17.9 Å². The van der Waals surface area contributed by atoms with E-state index in [4.69, 9.17) is 0 Å². The van der Waals surface area contributed by atoms with E-state index in [1.54, 1.807) is 31.3 Å². The molecule has 2 rings (SSSR count). The van der Waals surface area contributed by atoms with E-state index in [-0.39, 0.29) is 17.6 Å². The molecule has 1 heterocycles. The highest BCUT2D eigenvalue weighted by Crippen LogP contribution is 2.26. The molecule has 1 aliphatic rings. The minimum absolute atomic E-state index is 0.00857. The van der Waals surface area contributed by atoms with E-state index in [9.17, 15) is 13.8 Å². The number of carbonyl (C=O) groups excluding carboxylic acids is 2. The fraction of sp³-hybridized carbons (Fsp3) is 0.273. The molecule has 0 saturated carbocycles. The summed E-state index contributed by atoms with van der Waals surface area (Å²) in [5, 5.41) is 2.51. The van der Waals surface area contributed by atoms with Gasteiger partial charge >= 0.3 is 0 Å². The monoisotopic (exact) mass is 284 g/mol. The molecule has 0 aliphatic carbocycles. The summed E-state index contributed by atoms with van der Waals surface area (Å²) in [6.07, 6.45) is 0. The summed E-state index contributed by atoms with van der Waals surface area (Å²) in [6.45, 7) is 0. The highest BCUT2D eigenvalue weighted by molar-refractivity contribution is 8.02. The minimum Gasteiger partial charge on any atom is -0.355 e. The van der Waals surface area contributed by atoms with Crippen molar-refractivity contribution in [1.29, 1.82) is 0 Å².